The van der Waals surface area contributed by atoms with Gasteiger partial charge in [-0.15, -0.1) is 0 Å². The van der Waals surface area contributed by atoms with E-state index in [1.165, 1.54) is 12.1 Å². The largest absolute Gasteiger partial charge is 0.356 e. The van der Waals surface area contributed by atoms with E-state index in [1.54, 1.807) is 0 Å². The molecule has 3 rings (SSSR count). The summed E-state index contributed by atoms with van der Waals surface area (Å²) in [5, 5.41) is 6.39. The molecule has 1 saturated heterocycles. The molecule has 0 bridgehead atoms. The molecule has 0 spiro atoms. The highest BCUT2D eigenvalue weighted by molar-refractivity contribution is 7.91. The van der Waals surface area contributed by atoms with Crippen LogP contribution >= 0.6 is 0 Å². The zero-order chi connectivity index (χ0) is 17.2. The summed E-state index contributed by atoms with van der Waals surface area (Å²) in [7, 11) is -2.90. The second-order valence-electron chi connectivity index (χ2n) is 6.51. The van der Waals surface area contributed by atoms with Crippen molar-refractivity contribution < 1.29 is 17.2 Å². The van der Waals surface area contributed by atoms with Crippen LogP contribution in [-0.2, 0) is 16.4 Å². The van der Waals surface area contributed by atoms with Crippen molar-refractivity contribution in [2.24, 2.45) is 10.9 Å². The van der Waals surface area contributed by atoms with Gasteiger partial charge in [0.1, 0.15) is 11.6 Å². The molecule has 1 aromatic carbocycles. The number of nitrogens with one attached hydrogen (secondary N) is 2. The van der Waals surface area contributed by atoms with Crippen molar-refractivity contribution in [2.45, 2.75) is 31.8 Å². The number of halogens is 2. The van der Waals surface area contributed by atoms with Crippen molar-refractivity contribution in [1.29, 1.82) is 0 Å². The number of sulfone groups is 1. The van der Waals surface area contributed by atoms with E-state index in [4.69, 9.17) is 0 Å². The van der Waals surface area contributed by atoms with Gasteiger partial charge in [-0.25, -0.2) is 22.2 Å². The molecule has 1 heterocycles. The lowest BCUT2D eigenvalue weighted by molar-refractivity contribution is 0.566. The van der Waals surface area contributed by atoms with Crippen molar-refractivity contribution in [3.05, 3.63) is 35.4 Å². The van der Waals surface area contributed by atoms with Crippen molar-refractivity contribution in [3.63, 3.8) is 0 Å². The fraction of sp³-hybridized carbons (Fsp3) is 0.562. The molecular formula is C16H21F2N3O2S. The highest BCUT2D eigenvalue weighted by Gasteiger charge is 2.28. The number of aliphatic imine (C=N–C) groups is 1. The van der Waals surface area contributed by atoms with Crippen LogP contribution in [0.4, 0.5) is 8.78 Å². The molecule has 0 radical (unpaired) electrons. The van der Waals surface area contributed by atoms with Crippen molar-refractivity contribution in [2.75, 3.05) is 18.1 Å². The molecule has 1 aromatic rings. The predicted octanol–water partition coefficient (Wildman–Crippen LogP) is 1.60. The number of hydrogen-bond donors (Lipinski definition) is 2. The Hall–Kier alpha value is -1.70. The Morgan fingerprint density at radius 3 is 2.46 bits per heavy atom. The van der Waals surface area contributed by atoms with Crippen LogP contribution in [0.1, 0.15) is 24.8 Å². The highest BCUT2D eigenvalue weighted by atomic mass is 32.2. The summed E-state index contributed by atoms with van der Waals surface area (Å²) in [6.07, 6.45) is 2.78. The zero-order valence-corrected chi connectivity index (χ0v) is 14.1. The minimum absolute atomic E-state index is 0.0767. The molecule has 132 valence electrons. The lowest BCUT2D eigenvalue weighted by atomic mass is 10.1. The van der Waals surface area contributed by atoms with E-state index in [-0.39, 0.29) is 24.0 Å². The average Bonchev–Trinajstić information content (AvgIpc) is 3.23. The van der Waals surface area contributed by atoms with E-state index < -0.39 is 21.5 Å². The van der Waals surface area contributed by atoms with Crippen LogP contribution in [-0.4, -0.2) is 38.5 Å². The summed E-state index contributed by atoms with van der Waals surface area (Å²) < 4.78 is 49.4. The molecule has 0 amide bonds. The maximum atomic E-state index is 13.2. The number of nitrogens with zero attached hydrogens (tertiary/aromatic N) is 1. The first-order chi connectivity index (χ1) is 11.4. The summed E-state index contributed by atoms with van der Waals surface area (Å²) in [4.78, 5) is 4.37. The van der Waals surface area contributed by atoms with Gasteiger partial charge in [-0.1, -0.05) is 0 Å². The minimum Gasteiger partial charge on any atom is -0.356 e. The first kappa shape index (κ1) is 17.1. The monoisotopic (exact) mass is 357 g/mol. The Labute approximate surface area is 140 Å². The van der Waals surface area contributed by atoms with Crippen LogP contribution in [0.2, 0.25) is 0 Å². The quantitative estimate of drug-likeness (QED) is 0.620. The summed E-state index contributed by atoms with van der Waals surface area (Å²) >= 11 is 0. The summed E-state index contributed by atoms with van der Waals surface area (Å²) in [5.41, 5.74) is 0.452. The molecule has 0 aromatic heterocycles. The van der Waals surface area contributed by atoms with E-state index >= 15 is 0 Å². The van der Waals surface area contributed by atoms with Gasteiger partial charge < -0.3 is 10.6 Å². The Kier molecular flexibility index (Phi) is 5.03. The van der Waals surface area contributed by atoms with Gasteiger partial charge >= 0.3 is 0 Å². The van der Waals surface area contributed by atoms with Gasteiger partial charge in [0.15, 0.2) is 15.8 Å². The predicted molar refractivity (Wildman–Crippen MR) is 88.4 cm³/mol. The fourth-order valence-electron chi connectivity index (χ4n) is 2.72. The number of hydrogen-bond acceptors (Lipinski definition) is 3. The molecule has 8 heteroatoms. The Balaban J connectivity index is 1.60. The number of rotatable bonds is 5. The van der Waals surface area contributed by atoms with Crippen LogP contribution in [0, 0.1) is 17.6 Å². The van der Waals surface area contributed by atoms with Crippen LogP contribution in [0.25, 0.3) is 0 Å². The first-order valence-electron chi connectivity index (χ1n) is 8.10. The lowest BCUT2D eigenvalue weighted by Crippen LogP contribution is -2.41. The molecule has 5 nitrogen and oxygen atoms in total. The second-order valence-corrected chi connectivity index (χ2v) is 8.74. The maximum absolute atomic E-state index is 13.2. The van der Waals surface area contributed by atoms with E-state index in [1.807, 2.05) is 0 Å². The van der Waals surface area contributed by atoms with Gasteiger partial charge in [-0.3, -0.25) is 0 Å². The van der Waals surface area contributed by atoms with Crippen LogP contribution in [0.3, 0.4) is 0 Å². The van der Waals surface area contributed by atoms with Crippen molar-refractivity contribution in [1.82, 2.24) is 10.6 Å². The fourth-order valence-corrected chi connectivity index (χ4v) is 4.58. The molecule has 1 aliphatic carbocycles. The number of guanidine groups is 1. The molecule has 1 unspecified atom stereocenters. The Morgan fingerprint density at radius 2 is 1.88 bits per heavy atom. The van der Waals surface area contributed by atoms with E-state index in [9.17, 15) is 17.2 Å². The van der Waals surface area contributed by atoms with E-state index in [0.29, 0.717) is 30.5 Å². The summed E-state index contributed by atoms with van der Waals surface area (Å²) in [6, 6.07) is 3.71. The van der Waals surface area contributed by atoms with Gasteiger partial charge in [-0.05, 0) is 42.9 Å². The third-order valence-corrected chi connectivity index (χ3v) is 5.98. The molecule has 2 aliphatic rings. The molecule has 1 aliphatic heterocycles. The summed E-state index contributed by atoms with van der Waals surface area (Å²) in [5.74, 6) is -0.169. The zero-order valence-electron chi connectivity index (χ0n) is 13.3. The van der Waals surface area contributed by atoms with Gasteiger partial charge in [-0.2, -0.15) is 0 Å². The molecule has 2 fully saturated rings. The van der Waals surface area contributed by atoms with Gasteiger partial charge in [0.25, 0.3) is 0 Å². The smallest absolute Gasteiger partial charge is 0.191 e. The number of benzene rings is 1. The minimum atomic E-state index is -2.90. The van der Waals surface area contributed by atoms with Crippen LogP contribution in [0.5, 0.6) is 0 Å². The lowest BCUT2D eigenvalue weighted by Gasteiger charge is -2.15. The third-order valence-electron chi connectivity index (χ3n) is 4.15. The maximum Gasteiger partial charge on any atom is 0.191 e. The molecule has 2 N–H and O–H groups in total. The molecular weight excluding hydrogens is 336 g/mol. The molecule has 24 heavy (non-hydrogen) atoms. The van der Waals surface area contributed by atoms with Crippen molar-refractivity contribution in [3.8, 4) is 0 Å². The van der Waals surface area contributed by atoms with Gasteiger partial charge in [0.2, 0.25) is 0 Å². The molecule has 1 atom stereocenters. The normalized spacial score (nSPS) is 23.2. The second kappa shape index (κ2) is 7.04. The average molecular weight is 357 g/mol. The first-order valence-corrected chi connectivity index (χ1v) is 9.92. The van der Waals surface area contributed by atoms with Crippen molar-refractivity contribution >= 4 is 15.8 Å². The Morgan fingerprint density at radius 1 is 1.17 bits per heavy atom. The molecule has 1 saturated carbocycles. The van der Waals surface area contributed by atoms with E-state index in [0.717, 1.165) is 18.9 Å². The Bertz CT molecular complexity index is 713. The SMILES string of the molecule is O=S1(=O)CCC(CNC(=NCc2cc(F)cc(F)c2)NC2CC2)C1. The summed E-state index contributed by atoms with van der Waals surface area (Å²) in [6.45, 7) is 0.676. The highest BCUT2D eigenvalue weighted by Crippen LogP contribution is 2.19. The van der Waals surface area contributed by atoms with E-state index in [2.05, 4.69) is 15.6 Å². The van der Waals surface area contributed by atoms with Gasteiger partial charge in [0.05, 0.1) is 18.1 Å². The van der Waals surface area contributed by atoms with Crippen LogP contribution in [0.15, 0.2) is 23.2 Å². The van der Waals surface area contributed by atoms with Gasteiger partial charge in [0, 0.05) is 18.7 Å². The van der Waals surface area contributed by atoms with Crippen LogP contribution < -0.4 is 10.6 Å². The third kappa shape index (κ3) is 5.15. The standard InChI is InChI=1S/C16H21F2N3O2S/c17-13-5-12(6-14(18)7-13)9-20-16(21-15-1-2-15)19-8-11-3-4-24(22,23)10-11/h5-7,11,15H,1-4,8-10H2,(H2,19,20,21). The topological polar surface area (TPSA) is 70.6 Å².